The molecular formula is C19H27NO2S. The number of hydrogen-bond acceptors (Lipinski definition) is 3. The third-order valence-electron chi connectivity index (χ3n) is 5.29. The van der Waals surface area contributed by atoms with Gasteiger partial charge in [0.15, 0.2) is 0 Å². The Morgan fingerprint density at radius 1 is 1.22 bits per heavy atom. The summed E-state index contributed by atoms with van der Waals surface area (Å²) in [5.41, 5.74) is 0.766. The van der Waals surface area contributed by atoms with Crippen LogP contribution in [-0.2, 0) is 4.79 Å². The van der Waals surface area contributed by atoms with Crippen LogP contribution in [0.1, 0.15) is 50.0 Å². The van der Waals surface area contributed by atoms with E-state index >= 15 is 0 Å². The van der Waals surface area contributed by atoms with E-state index in [1.807, 2.05) is 0 Å². The summed E-state index contributed by atoms with van der Waals surface area (Å²) in [4.78, 5) is 12.1. The van der Waals surface area contributed by atoms with Gasteiger partial charge in [-0.2, -0.15) is 11.8 Å². The van der Waals surface area contributed by atoms with Crippen LogP contribution in [0.2, 0.25) is 0 Å². The van der Waals surface area contributed by atoms with Gasteiger partial charge in [-0.1, -0.05) is 30.3 Å². The quantitative estimate of drug-likeness (QED) is 0.869. The lowest BCUT2D eigenvalue weighted by molar-refractivity contribution is -0.123. The van der Waals surface area contributed by atoms with E-state index in [1.54, 1.807) is 11.8 Å². The van der Waals surface area contributed by atoms with E-state index in [-0.39, 0.29) is 5.91 Å². The molecule has 1 atom stereocenters. The van der Waals surface area contributed by atoms with Gasteiger partial charge in [0.2, 0.25) is 5.91 Å². The molecule has 0 aromatic heterocycles. The number of aliphatic hydroxyl groups is 1. The Morgan fingerprint density at radius 3 is 2.61 bits per heavy atom. The van der Waals surface area contributed by atoms with E-state index in [9.17, 15) is 9.90 Å². The highest BCUT2D eigenvalue weighted by Crippen LogP contribution is 2.37. The fraction of sp³-hybridized carbons (Fsp3) is 0.632. The molecule has 1 amide bonds. The molecule has 1 aromatic carbocycles. The van der Waals surface area contributed by atoms with E-state index in [2.05, 4.69) is 35.6 Å². The van der Waals surface area contributed by atoms with Gasteiger partial charge >= 0.3 is 0 Å². The third kappa shape index (κ3) is 4.74. The minimum Gasteiger partial charge on any atom is -0.387 e. The molecule has 126 valence electrons. The zero-order chi connectivity index (χ0) is 16.1. The predicted molar refractivity (Wildman–Crippen MR) is 95.7 cm³/mol. The van der Waals surface area contributed by atoms with Crippen LogP contribution in [0, 0.1) is 5.92 Å². The van der Waals surface area contributed by atoms with Crippen molar-refractivity contribution in [3.63, 3.8) is 0 Å². The topological polar surface area (TPSA) is 49.3 Å². The van der Waals surface area contributed by atoms with Crippen molar-refractivity contribution in [1.82, 2.24) is 5.32 Å². The van der Waals surface area contributed by atoms with Crippen LogP contribution >= 0.6 is 11.8 Å². The third-order valence-corrected chi connectivity index (χ3v) is 6.52. The van der Waals surface area contributed by atoms with Crippen LogP contribution in [0.5, 0.6) is 0 Å². The van der Waals surface area contributed by atoms with Crippen LogP contribution in [0.4, 0.5) is 0 Å². The molecule has 3 rings (SSSR count). The van der Waals surface area contributed by atoms with Crippen molar-refractivity contribution in [2.45, 2.75) is 50.0 Å². The van der Waals surface area contributed by atoms with Crippen LogP contribution < -0.4 is 5.32 Å². The summed E-state index contributed by atoms with van der Waals surface area (Å²) < 4.78 is 0. The number of amides is 1. The minimum atomic E-state index is -0.675. The second-order valence-corrected chi connectivity index (χ2v) is 8.24. The van der Waals surface area contributed by atoms with Crippen molar-refractivity contribution in [3.05, 3.63) is 35.9 Å². The van der Waals surface area contributed by atoms with E-state index in [0.29, 0.717) is 24.8 Å². The normalized spacial score (nSPS) is 31.0. The van der Waals surface area contributed by atoms with Crippen molar-refractivity contribution in [2.75, 3.05) is 18.1 Å². The molecule has 2 aliphatic rings. The van der Waals surface area contributed by atoms with E-state index in [4.69, 9.17) is 0 Å². The highest BCUT2D eigenvalue weighted by atomic mass is 32.2. The van der Waals surface area contributed by atoms with E-state index < -0.39 is 5.60 Å². The molecule has 1 aromatic rings. The Bertz CT molecular complexity index is 505. The number of thioether (sulfide) groups is 1. The molecule has 0 spiro atoms. The van der Waals surface area contributed by atoms with Crippen LogP contribution in [0.15, 0.2) is 30.3 Å². The smallest absolute Gasteiger partial charge is 0.220 e. The average molecular weight is 333 g/mol. The maximum Gasteiger partial charge on any atom is 0.220 e. The summed E-state index contributed by atoms with van der Waals surface area (Å²) in [5.74, 6) is 3.01. The van der Waals surface area contributed by atoms with Crippen molar-refractivity contribution >= 4 is 17.7 Å². The molecule has 2 N–H and O–H groups in total. The minimum absolute atomic E-state index is 0.110. The Morgan fingerprint density at radius 2 is 1.96 bits per heavy atom. The lowest BCUT2D eigenvalue weighted by Gasteiger charge is -2.29. The molecule has 1 saturated carbocycles. The fourth-order valence-corrected chi connectivity index (χ4v) is 5.05. The zero-order valence-electron chi connectivity index (χ0n) is 13.7. The zero-order valence-corrected chi connectivity index (χ0v) is 14.5. The monoisotopic (exact) mass is 333 g/mol. The van der Waals surface area contributed by atoms with Gasteiger partial charge in [-0.25, -0.2) is 0 Å². The lowest BCUT2D eigenvalue weighted by atomic mass is 9.77. The molecular weight excluding hydrogens is 306 g/mol. The van der Waals surface area contributed by atoms with Gasteiger partial charge in [0.1, 0.15) is 0 Å². The Hall–Kier alpha value is -1.00. The van der Waals surface area contributed by atoms with Crippen molar-refractivity contribution in [2.24, 2.45) is 5.92 Å². The second-order valence-electron chi connectivity index (χ2n) is 7.14. The standard InChI is InChI=1S/C19H27NO2S/c21-18(20-13-19(22)10-11-23-14-19)12-15-6-8-17(9-7-15)16-4-2-1-3-5-16/h1-5,15,17,22H,6-14H2,(H,20,21). The molecule has 1 aliphatic heterocycles. The first-order chi connectivity index (χ1) is 11.1. The maximum absolute atomic E-state index is 12.1. The number of hydrogen-bond donors (Lipinski definition) is 2. The van der Waals surface area contributed by atoms with Gasteiger partial charge in [0.05, 0.1) is 5.60 Å². The molecule has 3 nitrogen and oxygen atoms in total. The molecule has 1 unspecified atom stereocenters. The first kappa shape index (κ1) is 16.8. The van der Waals surface area contributed by atoms with E-state index in [1.165, 1.54) is 18.4 Å². The summed E-state index contributed by atoms with van der Waals surface area (Å²) >= 11 is 1.77. The number of rotatable bonds is 5. The van der Waals surface area contributed by atoms with Gasteiger partial charge in [0, 0.05) is 18.7 Å². The first-order valence-corrected chi connectivity index (χ1v) is 9.92. The summed E-state index contributed by atoms with van der Waals surface area (Å²) in [7, 11) is 0. The van der Waals surface area contributed by atoms with Gasteiger partial charge in [-0.05, 0) is 55.3 Å². The molecule has 0 radical (unpaired) electrons. The van der Waals surface area contributed by atoms with Gasteiger partial charge in [-0.3, -0.25) is 4.79 Å². The number of benzene rings is 1. The Labute approximate surface area is 143 Å². The fourth-order valence-electron chi connectivity index (χ4n) is 3.76. The van der Waals surface area contributed by atoms with Crippen LogP contribution in [0.25, 0.3) is 0 Å². The summed E-state index contributed by atoms with van der Waals surface area (Å²) in [6.07, 6.45) is 6.04. The Balaban J connectivity index is 1.39. The summed E-state index contributed by atoms with van der Waals surface area (Å²) in [5, 5.41) is 13.2. The van der Waals surface area contributed by atoms with Gasteiger partial charge < -0.3 is 10.4 Å². The molecule has 1 aliphatic carbocycles. The highest BCUT2D eigenvalue weighted by Gasteiger charge is 2.32. The molecule has 4 heteroatoms. The van der Waals surface area contributed by atoms with Crippen LogP contribution in [-0.4, -0.2) is 34.7 Å². The maximum atomic E-state index is 12.1. The van der Waals surface area contributed by atoms with Crippen molar-refractivity contribution in [1.29, 1.82) is 0 Å². The summed E-state index contributed by atoms with van der Waals surface area (Å²) in [6.45, 7) is 0.415. The predicted octanol–water partition coefficient (Wildman–Crippen LogP) is 3.33. The second kappa shape index (κ2) is 7.71. The highest BCUT2D eigenvalue weighted by molar-refractivity contribution is 7.99. The number of nitrogens with one attached hydrogen (secondary N) is 1. The number of carbonyl (C=O) groups is 1. The molecule has 1 heterocycles. The van der Waals surface area contributed by atoms with Gasteiger partial charge in [0.25, 0.3) is 0 Å². The SMILES string of the molecule is O=C(CC1CCC(c2ccccc2)CC1)NCC1(O)CCSC1. The first-order valence-electron chi connectivity index (χ1n) is 8.76. The summed E-state index contributed by atoms with van der Waals surface area (Å²) in [6, 6.07) is 10.7. The van der Waals surface area contributed by atoms with Gasteiger partial charge in [-0.15, -0.1) is 0 Å². The number of carbonyl (C=O) groups excluding carboxylic acids is 1. The lowest BCUT2D eigenvalue weighted by Crippen LogP contribution is -2.43. The molecule has 1 saturated heterocycles. The average Bonchev–Trinajstić information content (AvgIpc) is 3.02. The van der Waals surface area contributed by atoms with E-state index in [0.717, 1.165) is 30.8 Å². The molecule has 0 bridgehead atoms. The van der Waals surface area contributed by atoms with Crippen molar-refractivity contribution < 1.29 is 9.90 Å². The Kier molecular flexibility index (Phi) is 5.65. The largest absolute Gasteiger partial charge is 0.387 e. The van der Waals surface area contributed by atoms with Crippen molar-refractivity contribution in [3.8, 4) is 0 Å². The molecule has 2 fully saturated rings. The molecule has 23 heavy (non-hydrogen) atoms. The van der Waals surface area contributed by atoms with Crippen LogP contribution in [0.3, 0.4) is 0 Å².